The van der Waals surface area contributed by atoms with E-state index >= 15 is 0 Å². The van der Waals surface area contributed by atoms with E-state index < -0.39 is 0 Å². The van der Waals surface area contributed by atoms with Gasteiger partial charge in [0, 0.05) is 5.69 Å². The van der Waals surface area contributed by atoms with Crippen molar-refractivity contribution in [1.29, 1.82) is 0 Å². The molecule has 0 bridgehead atoms. The zero-order valence-corrected chi connectivity index (χ0v) is 12.6. The van der Waals surface area contributed by atoms with Gasteiger partial charge < -0.3 is 10.1 Å². The van der Waals surface area contributed by atoms with Gasteiger partial charge in [0.25, 0.3) is 0 Å². The molecule has 2 aromatic carbocycles. The molecule has 1 heterocycles. The standard InChI is InChI=1S/C18H21NO/c1-11-5-6-15-10-16(19-18(15)13(11)3)14-7-8-17(20-4)12(2)9-14/h5-9,16,19H,10H2,1-4H3. The van der Waals surface area contributed by atoms with Crippen molar-refractivity contribution in [2.24, 2.45) is 0 Å². The van der Waals surface area contributed by atoms with E-state index in [4.69, 9.17) is 4.74 Å². The summed E-state index contributed by atoms with van der Waals surface area (Å²) in [6.45, 7) is 6.46. The molecule has 0 amide bonds. The van der Waals surface area contributed by atoms with Crippen molar-refractivity contribution in [1.82, 2.24) is 0 Å². The molecule has 1 unspecified atom stereocenters. The van der Waals surface area contributed by atoms with Crippen LogP contribution in [-0.2, 0) is 6.42 Å². The Kier molecular flexibility index (Phi) is 3.17. The topological polar surface area (TPSA) is 21.3 Å². The van der Waals surface area contributed by atoms with Crippen LogP contribution in [0.25, 0.3) is 0 Å². The number of benzene rings is 2. The molecular formula is C18H21NO. The van der Waals surface area contributed by atoms with Crippen LogP contribution >= 0.6 is 0 Å². The molecule has 2 aromatic rings. The molecular weight excluding hydrogens is 246 g/mol. The zero-order chi connectivity index (χ0) is 14.3. The first-order chi connectivity index (χ1) is 9.60. The summed E-state index contributed by atoms with van der Waals surface area (Å²) in [6.07, 6.45) is 1.06. The Morgan fingerprint density at radius 1 is 1.05 bits per heavy atom. The van der Waals surface area contributed by atoms with Crippen molar-refractivity contribution in [3.63, 3.8) is 0 Å². The summed E-state index contributed by atoms with van der Waals surface area (Å²) < 4.78 is 5.34. The number of ether oxygens (including phenoxy) is 1. The second-order valence-corrected chi connectivity index (χ2v) is 5.67. The Hall–Kier alpha value is -1.96. The highest BCUT2D eigenvalue weighted by Crippen LogP contribution is 2.38. The third-order valence-corrected chi connectivity index (χ3v) is 4.39. The number of methoxy groups -OCH3 is 1. The summed E-state index contributed by atoms with van der Waals surface area (Å²) in [7, 11) is 1.72. The number of fused-ring (bicyclic) bond motifs is 1. The van der Waals surface area contributed by atoms with Crippen molar-refractivity contribution < 1.29 is 4.74 Å². The molecule has 20 heavy (non-hydrogen) atoms. The van der Waals surface area contributed by atoms with E-state index in [1.807, 2.05) is 0 Å². The van der Waals surface area contributed by atoms with Crippen LogP contribution in [-0.4, -0.2) is 7.11 Å². The number of rotatable bonds is 2. The predicted molar refractivity (Wildman–Crippen MR) is 83.7 cm³/mol. The van der Waals surface area contributed by atoms with E-state index in [2.05, 4.69) is 56.4 Å². The molecule has 1 aliphatic heterocycles. The lowest BCUT2D eigenvalue weighted by molar-refractivity contribution is 0.411. The van der Waals surface area contributed by atoms with E-state index in [9.17, 15) is 0 Å². The number of nitrogens with one attached hydrogen (secondary N) is 1. The highest BCUT2D eigenvalue weighted by Gasteiger charge is 2.24. The van der Waals surface area contributed by atoms with Gasteiger partial charge in [-0.3, -0.25) is 0 Å². The van der Waals surface area contributed by atoms with Crippen LogP contribution < -0.4 is 10.1 Å². The van der Waals surface area contributed by atoms with Crippen molar-refractivity contribution in [2.75, 3.05) is 12.4 Å². The van der Waals surface area contributed by atoms with Gasteiger partial charge in [-0.2, -0.15) is 0 Å². The summed E-state index contributed by atoms with van der Waals surface area (Å²) >= 11 is 0. The van der Waals surface area contributed by atoms with Crippen LogP contribution in [0.4, 0.5) is 5.69 Å². The lowest BCUT2D eigenvalue weighted by Crippen LogP contribution is -2.06. The van der Waals surface area contributed by atoms with E-state index in [0.29, 0.717) is 6.04 Å². The van der Waals surface area contributed by atoms with Crippen LogP contribution in [0, 0.1) is 20.8 Å². The number of hydrogen-bond acceptors (Lipinski definition) is 2. The average Bonchev–Trinajstić information content (AvgIpc) is 2.88. The first-order valence-corrected chi connectivity index (χ1v) is 7.10. The van der Waals surface area contributed by atoms with Gasteiger partial charge in [-0.15, -0.1) is 0 Å². The first-order valence-electron chi connectivity index (χ1n) is 7.10. The molecule has 1 aliphatic rings. The van der Waals surface area contributed by atoms with Crippen molar-refractivity contribution in [3.8, 4) is 5.75 Å². The Morgan fingerprint density at radius 2 is 1.85 bits per heavy atom. The Bertz CT molecular complexity index is 661. The SMILES string of the molecule is COc1ccc(C2Cc3ccc(C)c(C)c3N2)cc1C. The van der Waals surface area contributed by atoms with Gasteiger partial charge in [-0.1, -0.05) is 24.3 Å². The van der Waals surface area contributed by atoms with Gasteiger partial charge in [0.05, 0.1) is 13.2 Å². The molecule has 0 spiro atoms. The van der Waals surface area contributed by atoms with Crippen LogP contribution in [0.2, 0.25) is 0 Å². The van der Waals surface area contributed by atoms with Crippen LogP contribution in [0.5, 0.6) is 5.75 Å². The normalized spacial score (nSPS) is 16.7. The molecule has 1 N–H and O–H groups in total. The Morgan fingerprint density at radius 3 is 2.55 bits per heavy atom. The van der Waals surface area contributed by atoms with E-state index in [0.717, 1.165) is 12.2 Å². The van der Waals surface area contributed by atoms with Gasteiger partial charge in [0.1, 0.15) is 5.75 Å². The second kappa shape index (κ2) is 4.86. The van der Waals surface area contributed by atoms with E-state index in [-0.39, 0.29) is 0 Å². The van der Waals surface area contributed by atoms with Gasteiger partial charge in [0.15, 0.2) is 0 Å². The van der Waals surface area contributed by atoms with Crippen molar-refractivity contribution in [2.45, 2.75) is 33.2 Å². The minimum absolute atomic E-state index is 0.370. The fourth-order valence-corrected chi connectivity index (χ4v) is 3.01. The number of anilines is 1. The molecule has 1 atom stereocenters. The molecule has 0 saturated heterocycles. The number of aryl methyl sites for hydroxylation is 2. The smallest absolute Gasteiger partial charge is 0.121 e. The largest absolute Gasteiger partial charge is 0.496 e. The molecule has 0 aromatic heterocycles. The summed E-state index contributed by atoms with van der Waals surface area (Å²) in [4.78, 5) is 0. The quantitative estimate of drug-likeness (QED) is 0.874. The molecule has 2 nitrogen and oxygen atoms in total. The lowest BCUT2D eigenvalue weighted by Gasteiger charge is -2.15. The fraction of sp³-hybridized carbons (Fsp3) is 0.333. The van der Waals surface area contributed by atoms with Crippen LogP contribution in [0.1, 0.15) is 33.9 Å². The van der Waals surface area contributed by atoms with Crippen molar-refractivity contribution >= 4 is 5.69 Å². The predicted octanol–water partition coefficient (Wildman–Crippen LogP) is 4.33. The molecule has 0 fully saturated rings. The maximum Gasteiger partial charge on any atom is 0.121 e. The fourth-order valence-electron chi connectivity index (χ4n) is 3.01. The van der Waals surface area contributed by atoms with Gasteiger partial charge in [0.2, 0.25) is 0 Å². The number of hydrogen-bond donors (Lipinski definition) is 1. The molecule has 0 saturated carbocycles. The molecule has 0 radical (unpaired) electrons. The third-order valence-electron chi connectivity index (χ3n) is 4.39. The third kappa shape index (κ3) is 2.05. The molecule has 0 aliphatic carbocycles. The minimum Gasteiger partial charge on any atom is -0.496 e. The molecule has 2 heteroatoms. The highest BCUT2D eigenvalue weighted by molar-refractivity contribution is 5.65. The van der Waals surface area contributed by atoms with E-state index in [1.54, 1.807) is 7.11 Å². The maximum absolute atomic E-state index is 5.34. The highest BCUT2D eigenvalue weighted by atomic mass is 16.5. The zero-order valence-electron chi connectivity index (χ0n) is 12.6. The summed E-state index contributed by atoms with van der Waals surface area (Å²) in [5, 5.41) is 3.68. The van der Waals surface area contributed by atoms with Crippen molar-refractivity contribution in [3.05, 3.63) is 58.1 Å². The maximum atomic E-state index is 5.34. The molecule has 3 rings (SSSR count). The van der Waals surface area contributed by atoms with Gasteiger partial charge in [-0.25, -0.2) is 0 Å². The summed E-state index contributed by atoms with van der Waals surface area (Å²) in [5.41, 5.74) is 7.99. The van der Waals surface area contributed by atoms with Crippen LogP contribution in [0.15, 0.2) is 30.3 Å². The monoisotopic (exact) mass is 267 g/mol. The van der Waals surface area contributed by atoms with Crippen LogP contribution in [0.3, 0.4) is 0 Å². The summed E-state index contributed by atoms with van der Waals surface area (Å²) in [5.74, 6) is 0.955. The van der Waals surface area contributed by atoms with Gasteiger partial charge >= 0.3 is 0 Å². The Labute approximate surface area is 120 Å². The Balaban J connectivity index is 1.92. The summed E-state index contributed by atoms with van der Waals surface area (Å²) in [6, 6.07) is 11.3. The molecule has 104 valence electrons. The minimum atomic E-state index is 0.370. The lowest BCUT2D eigenvalue weighted by atomic mass is 9.99. The first kappa shape index (κ1) is 13.0. The second-order valence-electron chi connectivity index (χ2n) is 5.67. The van der Waals surface area contributed by atoms with E-state index in [1.165, 1.54) is 33.5 Å². The van der Waals surface area contributed by atoms with Gasteiger partial charge in [-0.05, 0) is 61.1 Å². The average molecular weight is 267 g/mol.